The number of nitrogens with zero attached hydrogens (tertiary/aromatic N) is 1. The fourth-order valence-corrected chi connectivity index (χ4v) is 2.86. The Morgan fingerprint density at radius 3 is 2.74 bits per heavy atom. The number of likely N-dealkylation sites (tertiary alicyclic amines) is 1. The van der Waals surface area contributed by atoms with Crippen LogP contribution in [0.2, 0.25) is 0 Å². The number of hydrogen-bond donors (Lipinski definition) is 2. The van der Waals surface area contributed by atoms with Crippen LogP contribution < -0.4 is 10.6 Å². The minimum absolute atomic E-state index is 0.174. The third kappa shape index (κ3) is 2.86. The number of hydrogen-bond acceptors (Lipinski definition) is 3. The summed E-state index contributed by atoms with van der Waals surface area (Å²) in [7, 11) is 1.97. The van der Waals surface area contributed by atoms with Gasteiger partial charge in [-0.15, -0.1) is 0 Å². The van der Waals surface area contributed by atoms with Gasteiger partial charge >= 0.3 is 6.18 Å². The van der Waals surface area contributed by atoms with Crippen molar-refractivity contribution in [2.24, 2.45) is 11.3 Å². The van der Waals surface area contributed by atoms with Crippen molar-refractivity contribution in [1.82, 2.24) is 15.5 Å². The highest BCUT2D eigenvalue weighted by molar-refractivity contribution is 5.84. The molecular formula is C12H20F3N3O. The van der Waals surface area contributed by atoms with Gasteiger partial charge in [-0.2, -0.15) is 13.2 Å². The second kappa shape index (κ2) is 5.28. The van der Waals surface area contributed by atoms with Crippen molar-refractivity contribution in [1.29, 1.82) is 0 Å². The number of alkyl halides is 3. The summed E-state index contributed by atoms with van der Waals surface area (Å²) in [6.07, 6.45) is -3.74. The first-order chi connectivity index (χ1) is 8.85. The molecule has 110 valence electrons. The molecule has 2 atom stereocenters. The van der Waals surface area contributed by atoms with Gasteiger partial charge < -0.3 is 15.5 Å². The Hall–Kier alpha value is -0.820. The molecule has 0 saturated carbocycles. The molecule has 2 fully saturated rings. The molecule has 7 heteroatoms. The number of carbonyl (C=O) groups excluding carboxylic acids is 1. The van der Waals surface area contributed by atoms with Gasteiger partial charge in [0, 0.05) is 19.6 Å². The van der Waals surface area contributed by atoms with Gasteiger partial charge in [-0.1, -0.05) is 0 Å². The summed E-state index contributed by atoms with van der Waals surface area (Å²) in [6, 6.07) is 0. The molecule has 0 aromatic rings. The van der Waals surface area contributed by atoms with Crippen LogP contribution in [0.1, 0.15) is 12.8 Å². The van der Waals surface area contributed by atoms with Crippen LogP contribution in [0, 0.1) is 11.3 Å². The molecule has 2 unspecified atom stereocenters. The van der Waals surface area contributed by atoms with Crippen molar-refractivity contribution >= 4 is 5.91 Å². The fraction of sp³-hybridized carbons (Fsp3) is 0.917. The lowest BCUT2D eigenvalue weighted by Gasteiger charge is -2.29. The third-order valence-electron chi connectivity index (χ3n) is 4.17. The Morgan fingerprint density at radius 1 is 1.53 bits per heavy atom. The average molecular weight is 279 g/mol. The second-order valence-corrected chi connectivity index (χ2v) is 5.63. The van der Waals surface area contributed by atoms with Crippen molar-refractivity contribution < 1.29 is 18.0 Å². The van der Waals surface area contributed by atoms with E-state index in [9.17, 15) is 18.0 Å². The Labute approximate surface area is 110 Å². The topological polar surface area (TPSA) is 44.4 Å². The van der Waals surface area contributed by atoms with Crippen LogP contribution in [0.4, 0.5) is 13.2 Å². The predicted molar refractivity (Wildman–Crippen MR) is 64.6 cm³/mol. The SMILES string of the molecule is CN1CCC(CNC(=O)C2(C(F)(F)F)CCNC2)C1. The highest BCUT2D eigenvalue weighted by Gasteiger charge is 2.61. The van der Waals surface area contributed by atoms with Gasteiger partial charge in [0.25, 0.3) is 0 Å². The Bertz CT molecular complexity index is 340. The first-order valence-electron chi connectivity index (χ1n) is 6.59. The molecule has 0 aliphatic carbocycles. The van der Waals surface area contributed by atoms with Gasteiger partial charge in [-0.3, -0.25) is 4.79 Å². The molecular weight excluding hydrogens is 259 g/mol. The Morgan fingerprint density at radius 2 is 2.26 bits per heavy atom. The van der Waals surface area contributed by atoms with E-state index in [0.29, 0.717) is 6.54 Å². The zero-order valence-corrected chi connectivity index (χ0v) is 11.0. The first-order valence-corrected chi connectivity index (χ1v) is 6.59. The lowest BCUT2D eigenvalue weighted by molar-refractivity contribution is -0.216. The zero-order chi connectivity index (χ0) is 14.1. The quantitative estimate of drug-likeness (QED) is 0.795. The lowest BCUT2D eigenvalue weighted by atomic mass is 9.85. The summed E-state index contributed by atoms with van der Waals surface area (Å²) in [5, 5.41) is 5.16. The molecule has 0 radical (unpaired) electrons. The van der Waals surface area contributed by atoms with E-state index in [2.05, 4.69) is 15.5 Å². The summed E-state index contributed by atoms with van der Waals surface area (Å²) in [6.45, 7) is 2.02. The molecule has 1 amide bonds. The van der Waals surface area contributed by atoms with Crippen LogP contribution in [0.5, 0.6) is 0 Å². The summed E-state index contributed by atoms with van der Waals surface area (Å²) in [4.78, 5) is 14.1. The number of rotatable bonds is 3. The van der Waals surface area contributed by atoms with E-state index in [4.69, 9.17) is 0 Å². The van der Waals surface area contributed by atoms with Gasteiger partial charge in [0.05, 0.1) is 0 Å². The summed E-state index contributed by atoms with van der Waals surface area (Å²) in [5.74, 6) is -0.617. The number of halogens is 3. The molecule has 2 aliphatic rings. The van der Waals surface area contributed by atoms with E-state index in [0.717, 1.165) is 19.5 Å². The summed E-state index contributed by atoms with van der Waals surface area (Å²) < 4.78 is 39.4. The van der Waals surface area contributed by atoms with Crippen LogP contribution in [-0.2, 0) is 4.79 Å². The molecule has 2 rings (SSSR count). The molecule has 19 heavy (non-hydrogen) atoms. The molecule has 2 saturated heterocycles. The van der Waals surface area contributed by atoms with Crippen molar-refractivity contribution in [3.63, 3.8) is 0 Å². The number of carbonyl (C=O) groups is 1. The van der Waals surface area contributed by atoms with E-state index >= 15 is 0 Å². The van der Waals surface area contributed by atoms with Gasteiger partial charge in [0.2, 0.25) is 5.91 Å². The minimum Gasteiger partial charge on any atom is -0.355 e. The number of nitrogens with one attached hydrogen (secondary N) is 2. The van der Waals surface area contributed by atoms with Gasteiger partial charge in [-0.05, 0) is 38.9 Å². The maximum atomic E-state index is 13.1. The van der Waals surface area contributed by atoms with Crippen molar-refractivity contribution in [2.45, 2.75) is 19.0 Å². The Balaban J connectivity index is 1.94. The van der Waals surface area contributed by atoms with Crippen LogP contribution in [0.3, 0.4) is 0 Å². The maximum Gasteiger partial charge on any atom is 0.404 e. The van der Waals surface area contributed by atoms with Crippen LogP contribution in [0.25, 0.3) is 0 Å². The van der Waals surface area contributed by atoms with E-state index < -0.39 is 17.5 Å². The van der Waals surface area contributed by atoms with E-state index in [1.54, 1.807) is 0 Å². The summed E-state index contributed by atoms with van der Waals surface area (Å²) in [5.41, 5.74) is -2.24. The molecule has 0 bridgehead atoms. The van der Waals surface area contributed by atoms with Crippen LogP contribution in [-0.4, -0.2) is 56.8 Å². The number of amides is 1. The average Bonchev–Trinajstić information content (AvgIpc) is 2.94. The van der Waals surface area contributed by atoms with Gasteiger partial charge in [0.1, 0.15) is 0 Å². The zero-order valence-electron chi connectivity index (χ0n) is 11.0. The van der Waals surface area contributed by atoms with Crippen molar-refractivity contribution in [3.8, 4) is 0 Å². The normalized spacial score (nSPS) is 32.7. The maximum absolute atomic E-state index is 13.1. The standard InChI is InChI=1S/C12H20F3N3O/c1-18-5-2-9(7-18)6-17-10(19)11(12(13,14)15)3-4-16-8-11/h9,16H,2-8H2,1H3,(H,17,19). The second-order valence-electron chi connectivity index (χ2n) is 5.63. The van der Waals surface area contributed by atoms with E-state index in [-0.39, 0.29) is 25.4 Å². The van der Waals surface area contributed by atoms with Crippen molar-refractivity contribution in [3.05, 3.63) is 0 Å². The fourth-order valence-electron chi connectivity index (χ4n) is 2.86. The minimum atomic E-state index is -4.49. The summed E-state index contributed by atoms with van der Waals surface area (Å²) >= 11 is 0. The molecule has 0 spiro atoms. The molecule has 0 aromatic heterocycles. The monoisotopic (exact) mass is 279 g/mol. The first kappa shape index (κ1) is 14.6. The highest BCUT2D eigenvalue weighted by atomic mass is 19.4. The molecule has 2 heterocycles. The van der Waals surface area contributed by atoms with E-state index in [1.807, 2.05) is 7.05 Å². The van der Waals surface area contributed by atoms with Crippen LogP contribution >= 0.6 is 0 Å². The Kier molecular flexibility index (Phi) is 4.06. The predicted octanol–water partition coefficient (Wildman–Crippen LogP) is 0.596. The molecule has 2 aliphatic heterocycles. The van der Waals surface area contributed by atoms with Crippen LogP contribution in [0.15, 0.2) is 0 Å². The lowest BCUT2D eigenvalue weighted by Crippen LogP contribution is -2.53. The molecule has 2 N–H and O–H groups in total. The molecule has 4 nitrogen and oxygen atoms in total. The van der Waals surface area contributed by atoms with E-state index in [1.165, 1.54) is 0 Å². The molecule has 0 aromatic carbocycles. The third-order valence-corrected chi connectivity index (χ3v) is 4.17. The largest absolute Gasteiger partial charge is 0.404 e. The van der Waals surface area contributed by atoms with Crippen molar-refractivity contribution in [2.75, 3.05) is 39.8 Å². The highest BCUT2D eigenvalue weighted by Crippen LogP contribution is 2.43. The van der Waals surface area contributed by atoms with Gasteiger partial charge in [-0.25, -0.2) is 0 Å². The smallest absolute Gasteiger partial charge is 0.355 e. The van der Waals surface area contributed by atoms with Gasteiger partial charge in [0.15, 0.2) is 5.41 Å².